The topological polar surface area (TPSA) is 54.3 Å². The van der Waals surface area contributed by atoms with Crippen molar-refractivity contribution < 1.29 is 9.59 Å². The van der Waals surface area contributed by atoms with E-state index in [0.29, 0.717) is 24.4 Å². The van der Waals surface area contributed by atoms with Gasteiger partial charge in [-0.05, 0) is 19.4 Å². The first-order valence-electron chi connectivity index (χ1n) is 7.98. The van der Waals surface area contributed by atoms with Crippen LogP contribution < -0.4 is 5.32 Å². The highest BCUT2D eigenvalue weighted by Gasteiger charge is 2.38. The van der Waals surface area contributed by atoms with E-state index in [2.05, 4.69) is 5.32 Å². The molecule has 23 heavy (non-hydrogen) atoms. The van der Waals surface area contributed by atoms with Crippen LogP contribution in [0, 0.1) is 0 Å². The molecule has 2 amide bonds. The number of carbonyl (C=O) groups is 2. The van der Waals surface area contributed by atoms with Crippen molar-refractivity contribution >= 4 is 28.3 Å². The summed E-state index contributed by atoms with van der Waals surface area (Å²) in [5.74, 6) is -0.443. The number of rotatable bonds is 5. The zero-order valence-electron chi connectivity index (χ0n) is 13.7. The summed E-state index contributed by atoms with van der Waals surface area (Å²) in [6, 6.07) is 7.92. The zero-order chi connectivity index (χ0) is 16.6. The first-order valence-corrected chi connectivity index (χ1v) is 7.98. The lowest BCUT2D eigenvalue weighted by Crippen LogP contribution is -2.33. The zero-order valence-corrected chi connectivity index (χ0v) is 13.7. The van der Waals surface area contributed by atoms with Gasteiger partial charge in [-0.25, -0.2) is 0 Å². The van der Waals surface area contributed by atoms with Crippen LogP contribution in [0.25, 0.3) is 16.5 Å². The van der Waals surface area contributed by atoms with E-state index in [-0.39, 0.29) is 11.8 Å². The average Bonchev–Trinajstić information content (AvgIpc) is 3.00. The van der Waals surface area contributed by atoms with E-state index in [1.54, 1.807) is 0 Å². The molecule has 5 nitrogen and oxygen atoms in total. The predicted octanol–water partition coefficient (Wildman–Crippen LogP) is 2.28. The Hall–Kier alpha value is -2.56. The number of nitrogens with one attached hydrogen (secondary N) is 1. The Balaban J connectivity index is 2.21. The number of likely N-dealkylation sites (N-methyl/N-ethyl adjacent to an activating group) is 1. The lowest BCUT2D eigenvalue weighted by Gasteiger charge is -2.11. The van der Waals surface area contributed by atoms with Crippen LogP contribution >= 0.6 is 0 Å². The fourth-order valence-corrected chi connectivity index (χ4v) is 3.07. The minimum atomic E-state index is -0.228. The number of aryl methyl sites for hydroxylation is 1. The number of carbonyl (C=O) groups excluding carboxylic acids is 2. The number of fused-ring (bicyclic) bond motifs is 1. The molecule has 0 aliphatic carbocycles. The molecule has 0 atom stereocenters. The summed E-state index contributed by atoms with van der Waals surface area (Å²) in [5.41, 5.74) is 2.77. The minimum absolute atomic E-state index is 0.215. The van der Waals surface area contributed by atoms with E-state index in [1.165, 1.54) is 4.90 Å². The molecule has 1 aliphatic rings. The monoisotopic (exact) mass is 311 g/mol. The molecule has 0 spiro atoms. The highest BCUT2D eigenvalue weighted by atomic mass is 16.2. The molecule has 2 heterocycles. The van der Waals surface area contributed by atoms with Crippen molar-refractivity contribution in [3.8, 4) is 0 Å². The molecule has 1 aromatic carbocycles. The van der Waals surface area contributed by atoms with Crippen LogP contribution in [0.2, 0.25) is 0 Å². The molecule has 3 rings (SSSR count). The maximum atomic E-state index is 12.8. The third kappa shape index (κ3) is 2.32. The second-order valence-electron chi connectivity index (χ2n) is 5.70. The van der Waals surface area contributed by atoms with E-state index in [0.717, 1.165) is 22.9 Å². The second-order valence-corrected chi connectivity index (χ2v) is 5.70. The van der Waals surface area contributed by atoms with Gasteiger partial charge < -0.3 is 9.88 Å². The molecule has 0 unspecified atom stereocenters. The Bertz CT molecular complexity index is 817. The molecule has 0 fully saturated rings. The van der Waals surface area contributed by atoms with Crippen LogP contribution in [0.15, 0.2) is 36.2 Å². The molecule has 1 aliphatic heterocycles. The average molecular weight is 311 g/mol. The van der Waals surface area contributed by atoms with Gasteiger partial charge in [-0.2, -0.15) is 0 Å². The predicted molar refractivity (Wildman–Crippen MR) is 90.5 cm³/mol. The Morgan fingerprint density at radius 3 is 2.52 bits per heavy atom. The standard InChI is InChI=1S/C18H21N3O2/c1-4-10-19-16-15(17(22)21(5-2)18(16)23)13-11-20(3)14-9-7-6-8-12(13)14/h6-9,11,19H,4-5,10H2,1-3H3. The third-order valence-corrected chi connectivity index (χ3v) is 4.20. The summed E-state index contributed by atoms with van der Waals surface area (Å²) in [7, 11) is 1.95. The van der Waals surface area contributed by atoms with Gasteiger partial charge in [0.15, 0.2) is 0 Å². The normalized spacial score (nSPS) is 15.2. The highest BCUT2D eigenvalue weighted by Crippen LogP contribution is 2.33. The molecule has 0 saturated heterocycles. The number of aromatic nitrogens is 1. The maximum absolute atomic E-state index is 12.8. The highest BCUT2D eigenvalue weighted by molar-refractivity contribution is 6.37. The van der Waals surface area contributed by atoms with Crippen LogP contribution in [-0.2, 0) is 16.6 Å². The van der Waals surface area contributed by atoms with Crippen LogP contribution in [0.4, 0.5) is 0 Å². The van der Waals surface area contributed by atoms with E-state index >= 15 is 0 Å². The van der Waals surface area contributed by atoms with Gasteiger partial charge in [0.1, 0.15) is 5.70 Å². The number of para-hydroxylation sites is 1. The number of benzene rings is 1. The Labute approximate surface area is 135 Å². The van der Waals surface area contributed by atoms with Crippen molar-refractivity contribution in [3.63, 3.8) is 0 Å². The fraction of sp³-hybridized carbons (Fsp3) is 0.333. The Kier molecular flexibility index (Phi) is 3.94. The maximum Gasteiger partial charge on any atom is 0.277 e. The molecular formula is C18H21N3O2. The van der Waals surface area contributed by atoms with Crippen molar-refractivity contribution in [2.75, 3.05) is 13.1 Å². The van der Waals surface area contributed by atoms with E-state index in [4.69, 9.17) is 0 Å². The van der Waals surface area contributed by atoms with Crippen LogP contribution in [-0.4, -0.2) is 34.4 Å². The van der Waals surface area contributed by atoms with E-state index in [1.807, 2.05) is 55.9 Å². The molecule has 5 heteroatoms. The van der Waals surface area contributed by atoms with Crippen LogP contribution in [0.5, 0.6) is 0 Å². The number of hydrogen-bond donors (Lipinski definition) is 1. The van der Waals surface area contributed by atoms with Crippen LogP contribution in [0.1, 0.15) is 25.8 Å². The van der Waals surface area contributed by atoms with E-state index < -0.39 is 0 Å². The summed E-state index contributed by atoms with van der Waals surface area (Å²) in [6.07, 6.45) is 2.82. The summed E-state index contributed by atoms with van der Waals surface area (Å²) >= 11 is 0. The Morgan fingerprint density at radius 1 is 1.09 bits per heavy atom. The van der Waals surface area contributed by atoms with Crippen molar-refractivity contribution in [1.29, 1.82) is 0 Å². The second kappa shape index (κ2) is 5.91. The number of nitrogens with zero attached hydrogens (tertiary/aromatic N) is 2. The van der Waals surface area contributed by atoms with Crippen LogP contribution in [0.3, 0.4) is 0 Å². The summed E-state index contributed by atoms with van der Waals surface area (Å²) in [4.78, 5) is 26.6. The van der Waals surface area contributed by atoms with Gasteiger partial charge in [0.05, 0.1) is 5.57 Å². The summed E-state index contributed by atoms with van der Waals surface area (Å²) in [5, 5.41) is 4.14. The smallest absolute Gasteiger partial charge is 0.277 e. The van der Waals surface area contributed by atoms with Gasteiger partial charge in [0, 0.05) is 42.8 Å². The Morgan fingerprint density at radius 2 is 1.83 bits per heavy atom. The lowest BCUT2D eigenvalue weighted by molar-refractivity contribution is -0.136. The van der Waals surface area contributed by atoms with Gasteiger partial charge in [-0.3, -0.25) is 14.5 Å². The SMILES string of the molecule is CCCNC1=C(c2cn(C)c3ccccc23)C(=O)N(CC)C1=O. The molecule has 0 bridgehead atoms. The summed E-state index contributed by atoms with van der Waals surface area (Å²) in [6.45, 7) is 4.90. The van der Waals surface area contributed by atoms with Crippen molar-refractivity contribution in [3.05, 3.63) is 41.7 Å². The third-order valence-electron chi connectivity index (χ3n) is 4.20. The quantitative estimate of drug-likeness (QED) is 0.862. The molecule has 120 valence electrons. The van der Waals surface area contributed by atoms with Gasteiger partial charge in [-0.15, -0.1) is 0 Å². The molecule has 0 saturated carbocycles. The molecule has 2 aromatic rings. The van der Waals surface area contributed by atoms with Crippen molar-refractivity contribution in [2.45, 2.75) is 20.3 Å². The fourth-order valence-electron chi connectivity index (χ4n) is 3.07. The first-order chi connectivity index (χ1) is 11.1. The van der Waals surface area contributed by atoms with E-state index in [9.17, 15) is 9.59 Å². The van der Waals surface area contributed by atoms with Crippen molar-refractivity contribution in [2.24, 2.45) is 7.05 Å². The lowest BCUT2D eigenvalue weighted by atomic mass is 10.0. The minimum Gasteiger partial charge on any atom is -0.380 e. The first kappa shape index (κ1) is 15.3. The van der Waals surface area contributed by atoms with Gasteiger partial charge in [0.25, 0.3) is 11.8 Å². The largest absolute Gasteiger partial charge is 0.380 e. The molecule has 1 aromatic heterocycles. The molecule has 0 radical (unpaired) electrons. The number of amides is 2. The molecular weight excluding hydrogens is 290 g/mol. The van der Waals surface area contributed by atoms with Gasteiger partial charge in [-0.1, -0.05) is 25.1 Å². The number of imide groups is 1. The molecule has 1 N–H and O–H groups in total. The number of hydrogen-bond acceptors (Lipinski definition) is 3. The summed E-state index contributed by atoms with van der Waals surface area (Å²) < 4.78 is 1.99. The van der Waals surface area contributed by atoms with Gasteiger partial charge >= 0.3 is 0 Å². The van der Waals surface area contributed by atoms with Gasteiger partial charge in [0.2, 0.25) is 0 Å². The van der Waals surface area contributed by atoms with Crippen molar-refractivity contribution in [1.82, 2.24) is 14.8 Å².